The van der Waals surface area contributed by atoms with Crippen molar-refractivity contribution in [3.05, 3.63) is 17.2 Å². The predicted octanol–water partition coefficient (Wildman–Crippen LogP) is 1.56. The SMILES string of the molecule is CC(O)C(C)c1cnc(Cl)n1C. The van der Waals surface area contributed by atoms with E-state index < -0.39 is 0 Å². The van der Waals surface area contributed by atoms with Gasteiger partial charge in [-0.2, -0.15) is 0 Å². The van der Waals surface area contributed by atoms with Crippen molar-refractivity contribution >= 4 is 11.6 Å². The standard InChI is InChI=1S/C8H13ClN2O/c1-5(6(2)12)7-4-10-8(9)11(7)3/h4-6,12H,1-3H3. The summed E-state index contributed by atoms with van der Waals surface area (Å²) in [6.45, 7) is 3.70. The molecule has 12 heavy (non-hydrogen) atoms. The van der Waals surface area contributed by atoms with Crippen molar-refractivity contribution in [3.63, 3.8) is 0 Å². The van der Waals surface area contributed by atoms with Crippen LogP contribution in [0.15, 0.2) is 6.20 Å². The Morgan fingerprint density at radius 1 is 1.58 bits per heavy atom. The van der Waals surface area contributed by atoms with Crippen LogP contribution in [-0.2, 0) is 7.05 Å². The summed E-state index contributed by atoms with van der Waals surface area (Å²) in [5.74, 6) is 0.0648. The molecule has 0 aliphatic heterocycles. The molecule has 1 aromatic rings. The van der Waals surface area contributed by atoms with Gasteiger partial charge in [0.1, 0.15) is 0 Å². The number of aliphatic hydroxyl groups excluding tert-OH is 1. The zero-order valence-corrected chi connectivity index (χ0v) is 8.21. The van der Waals surface area contributed by atoms with Crippen LogP contribution in [0.2, 0.25) is 5.28 Å². The lowest BCUT2D eigenvalue weighted by Gasteiger charge is -2.14. The first-order chi connectivity index (χ1) is 5.54. The minimum Gasteiger partial charge on any atom is -0.393 e. The van der Waals surface area contributed by atoms with Crippen molar-refractivity contribution in [1.29, 1.82) is 0 Å². The van der Waals surface area contributed by atoms with Crippen LogP contribution in [0.5, 0.6) is 0 Å². The summed E-state index contributed by atoms with van der Waals surface area (Å²) >= 11 is 5.75. The van der Waals surface area contributed by atoms with Crippen molar-refractivity contribution < 1.29 is 5.11 Å². The van der Waals surface area contributed by atoms with E-state index in [4.69, 9.17) is 11.6 Å². The first kappa shape index (κ1) is 9.55. The largest absolute Gasteiger partial charge is 0.393 e. The Bertz CT molecular complexity index is 270. The van der Waals surface area contributed by atoms with Gasteiger partial charge in [-0.1, -0.05) is 6.92 Å². The molecule has 1 rings (SSSR count). The van der Waals surface area contributed by atoms with Crippen LogP contribution in [-0.4, -0.2) is 20.8 Å². The average molecular weight is 189 g/mol. The number of aromatic nitrogens is 2. The molecule has 1 aromatic heterocycles. The molecule has 0 aliphatic rings. The van der Waals surface area contributed by atoms with Gasteiger partial charge in [-0.05, 0) is 18.5 Å². The average Bonchev–Trinajstić information content (AvgIpc) is 2.32. The summed E-state index contributed by atoms with van der Waals surface area (Å²) < 4.78 is 1.78. The van der Waals surface area contributed by atoms with Gasteiger partial charge in [0.05, 0.1) is 12.3 Å². The monoisotopic (exact) mass is 188 g/mol. The number of hydrogen-bond donors (Lipinski definition) is 1. The summed E-state index contributed by atoms with van der Waals surface area (Å²) in [5, 5.41) is 9.78. The van der Waals surface area contributed by atoms with E-state index in [-0.39, 0.29) is 12.0 Å². The van der Waals surface area contributed by atoms with Crippen LogP contribution in [0.4, 0.5) is 0 Å². The molecule has 2 unspecified atom stereocenters. The number of aliphatic hydroxyl groups is 1. The van der Waals surface area contributed by atoms with E-state index in [1.807, 2.05) is 14.0 Å². The van der Waals surface area contributed by atoms with Gasteiger partial charge in [0, 0.05) is 18.7 Å². The Labute approximate surface area is 77.0 Å². The molecule has 2 atom stereocenters. The lowest BCUT2D eigenvalue weighted by atomic mass is 10.0. The number of nitrogens with zero attached hydrogens (tertiary/aromatic N) is 2. The fraction of sp³-hybridized carbons (Fsp3) is 0.625. The lowest BCUT2D eigenvalue weighted by molar-refractivity contribution is 0.166. The van der Waals surface area contributed by atoms with Crippen molar-refractivity contribution in [2.75, 3.05) is 0 Å². The van der Waals surface area contributed by atoms with Crippen molar-refractivity contribution in [3.8, 4) is 0 Å². The maximum atomic E-state index is 9.32. The molecule has 0 aliphatic carbocycles. The molecule has 0 aromatic carbocycles. The summed E-state index contributed by atoms with van der Waals surface area (Å²) in [4.78, 5) is 3.94. The summed E-state index contributed by atoms with van der Waals surface area (Å²) in [7, 11) is 1.84. The van der Waals surface area contributed by atoms with Gasteiger partial charge in [-0.3, -0.25) is 0 Å². The quantitative estimate of drug-likeness (QED) is 0.765. The zero-order valence-electron chi connectivity index (χ0n) is 7.45. The van der Waals surface area contributed by atoms with Crippen LogP contribution < -0.4 is 0 Å². The molecule has 0 radical (unpaired) electrons. The maximum absolute atomic E-state index is 9.32. The van der Waals surface area contributed by atoms with Crippen LogP contribution in [0, 0.1) is 0 Å². The summed E-state index contributed by atoms with van der Waals surface area (Å²) in [5.41, 5.74) is 0.954. The minimum atomic E-state index is -0.378. The molecule has 3 nitrogen and oxygen atoms in total. The zero-order chi connectivity index (χ0) is 9.30. The van der Waals surface area contributed by atoms with Gasteiger partial charge >= 0.3 is 0 Å². The molecule has 0 amide bonds. The topological polar surface area (TPSA) is 38.1 Å². The third-order valence-electron chi connectivity index (χ3n) is 2.16. The van der Waals surface area contributed by atoms with E-state index in [0.717, 1.165) is 5.69 Å². The van der Waals surface area contributed by atoms with Crippen LogP contribution in [0.25, 0.3) is 0 Å². The number of halogens is 1. The highest BCUT2D eigenvalue weighted by Gasteiger charge is 2.16. The van der Waals surface area contributed by atoms with Crippen molar-refractivity contribution in [2.45, 2.75) is 25.9 Å². The molecule has 0 saturated heterocycles. The smallest absolute Gasteiger partial charge is 0.202 e. The highest BCUT2D eigenvalue weighted by Crippen LogP contribution is 2.20. The maximum Gasteiger partial charge on any atom is 0.202 e. The second-order valence-electron chi connectivity index (χ2n) is 3.04. The van der Waals surface area contributed by atoms with Gasteiger partial charge < -0.3 is 9.67 Å². The number of imidazole rings is 1. The van der Waals surface area contributed by atoms with Crippen LogP contribution >= 0.6 is 11.6 Å². The Balaban J connectivity index is 2.95. The molecular weight excluding hydrogens is 176 g/mol. The molecule has 0 saturated carbocycles. The van der Waals surface area contributed by atoms with E-state index in [1.165, 1.54) is 0 Å². The molecule has 1 N–H and O–H groups in total. The van der Waals surface area contributed by atoms with E-state index in [9.17, 15) is 5.11 Å². The lowest BCUT2D eigenvalue weighted by Crippen LogP contribution is -2.14. The summed E-state index contributed by atoms with van der Waals surface area (Å²) in [6.07, 6.45) is 1.32. The van der Waals surface area contributed by atoms with Gasteiger partial charge in [-0.25, -0.2) is 4.98 Å². The van der Waals surface area contributed by atoms with Gasteiger partial charge in [0.2, 0.25) is 5.28 Å². The first-order valence-corrected chi connectivity index (χ1v) is 4.27. The second kappa shape index (κ2) is 3.46. The Morgan fingerprint density at radius 2 is 2.17 bits per heavy atom. The number of hydrogen-bond acceptors (Lipinski definition) is 2. The predicted molar refractivity (Wildman–Crippen MR) is 48.3 cm³/mol. The van der Waals surface area contributed by atoms with Crippen LogP contribution in [0.3, 0.4) is 0 Å². The molecule has 1 heterocycles. The Kier molecular flexibility index (Phi) is 2.75. The fourth-order valence-electron chi connectivity index (χ4n) is 1.07. The van der Waals surface area contributed by atoms with Crippen molar-refractivity contribution in [1.82, 2.24) is 9.55 Å². The molecular formula is C8H13ClN2O. The third kappa shape index (κ3) is 1.62. The van der Waals surface area contributed by atoms with E-state index in [0.29, 0.717) is 5.28 Å². The highest BCUT2D eigenvalue weighted by molar-refractivity contribution is 6.28. The molecule has 0 fully saturated rings. The van der Waals surface area contributed by atoms with Gasteiger partial charge in [0.25, 0.3) is 0 Å². The third-order valence-corrected chi connectivity index (χ3v) is 2.51. The van der Waals surface area contributed by atoms with Gasteiger partial charge in [0.15, 0.2) is 0 Å². The fourth-order valence-corrected chi connectivity index (χ4v) is 1.22. The summed E-state index contributed by atoms with van der Waals surface area (Å²) in [6, 6.07) is 0. The Hall–Kier alpha value is -0.540. The molecule has 0 bridgehead atoms. The van der Waals surface area contributed by atoms with Gasteiger partial charge in [-0.15, -0.1) is 0 Å². The highest BCUT2D eigenvalue weighted by atomic mass is 35.5. The normalized spacial score (nSPS) is 16.1. The number of rotatable bonds is 2. The molecule has 0 spiro atoms. The van der Waals surface area contributed by atoms with E-state index >= 15 is 0 Å². The molecule has 4 heteroatoms. The second-order valence-corrected chi connectivity index (χ2v) is 3.38. The first-order valence-electron chi connectivity index (χ1n) is 3.89. The van der Waals surface area contributed by atoms with E-state index in [1.54, 1.807) is 17.7 Å². The molecule has 68 valence electrons. The minimum absolute atomic E-state index is 0.0648. The van der Waals surface area contributed by atoms with Crippen molar-refractivity contribution in [2.24, 2.45) is 7.05 Å². The van der Waals surface area contributed by atoms with Crippen LogP contribution in [0.1, 0.15) is 25.5 Å². The Morgan fingerprint density at radius 3 is 2.50 bits per heavy atom. The van der Waals surface area contributed by atoms with E-state index in [2.05, 4.69) is 4.98 Å².